The van der Waals surface area contributed by atoms with E-state index in [1.807, 2.05) is 25.2 Å². The summed E-state index contributed by atoms with van der Waals surface area (Å²) in [7, 11) is 1.89. The van der Waals surface area contributed by atoms with E-state index in [4.69, 9.17) is 0 Å². The molecule has 0 bridgehead atoms. The van der Waals surface area contributed by atoms with E-state index in [2.05, 4.69) is 34.6 Å². The third kappa shape index (κ3) is 3.55. The fourth-order valence-electron chi connectivity index (χ4n) is 2.61. The Bertz CT molecular complexity index is 407. The summed E-state index contributed by atoms with van der Waals surface area (Å²) in [5.74, 6) is 0.134. The average molecular weight is 261 g/mol. The van der Waals surface area contributed by atoms with Crippen molar-refractivity contribution >= 4 is 5.91 Å². The lowest BCUT2D eigenvalue weighted by Gasteiger charge is -2.33. The molecule has 1 amide bonds. The van der Waals surface area contributed by atoms with E-state index < -0.39 is 0 Å². The van der Waals surface area contributed by atoms with Gasteiger partial charge < -0.3 is 10.6 Å². The fourth-order valence-corrected chi connectivity index (χ4v) is 2.61. The van der Waals surface area contributed by atoms with Crippen LogP contribution >= 0.6 is 0 Å². The second kappa shape index (κ2) is 6.68. The van der Waals surface area contributed by atoms with E-state index in [9.17, 15) is 4.79 Å². The maximum absolute atomic E-state index is 12.2. The fraction of sp³-hybridized carbons (Fsp3) is 0.533. The summed E-state index contributed by atoms with van der Waals surface area (Å²) >= 11 is 0. The van der Waals surface area contributed by atoms with Crippen molar-refractivity contribution in [1.29, 1.82) is 0 Å². The van der Waals surface area contributed by atoms with Crippen LogP contribution in [-0.4, -0.2) is 43.0 Å². The summed E-state index contributed by atoms with van der Waals surface area (Å²) in [5, 5.41) is 6.13. The highest BCUT2D eigenvalue weighted by molar-refractivity contribution is 5.82. The Kier molecular flexibility index (Phi) is 4.93. The number of hydrogen-bond acceptors (Lipinski definition) is 3. The van der Waals surface area contributed by atoms with Crippen molar-refractivity contribution < 1.29 is 4.79 Å². The minimum atomic E-state index is -0.0947. The van der Waals surface area contributed by atoms with Gasteiger partial charge in [0.05, 0.1) is 0 Å². The second-order valence-electron chi connectivity index (χ2n) is 5.16. The standard InChI is InChI=1S/C15H23N3O/c1-12-8-9-17-15(19)14(10-16-2)18(12)11-13-6-4-3-5-7-13/h3-7,12,14,16H,8-11H2,1-2H3,(H,17,19). The molecule has 2 unspecified atom stereocenters. The van der Waals surface area contributed by atoms with Gasteiger partial charge >= 0.3 is 0 Å². The molecule has 1 saturated heterocycles. The topological polar surface area (TPSA) is 44.4 Å². The molecule has 1 heterocycles. The molecule has 2 rings (SSSR count). The zero-order valence-electron chi connectivity index (χ0n) is 11.7. The molecule has 1 aromatic carbocycles. The van der Waals surface area contributed by atoms with Gasteiger partial charge in [-0.05, 0) is 26.0 Å². The van der Waals surface area contributed by atoms with Gasteiger partial charge in [0.2, 0.25) is 5.91 Å². The van der Waals surface area contributed by atoms with Crippen LogP contribution in [0, 0.1) is 0 Å². The van der Waals surface area contributed by atoms with Crippen LogP contribution < -0.4 is 10.6 Å². The molecule has 2 atom stereocenters. The van der Waals surface area contributed by atoms with Crippen LogP contribution in [0.15, 0.2) is 30.3 Å². The summed E-state index contributed by atoms with van der Waals surface area (Å²) in [6, 6.07) is 10.7. The molecule has 2 N–H and O–H groups in total. The zero-order valence-corrected chi connectivity index (χ0v) is 11.7. The molecule has 1 aromatic rings. The molecule has 1 aliphatic heterocycles. The molecule has 0 aliphatic carbocycles. The van der Waals surface area contributed by atoms with Crippen LogP contribution in [0.4, 0.5) is 0 Å². The molecule has 104 valence electrons. The Hall–Kier alpha value is -1.39. The molecule has 1 aliphatic rings. The van der Waals surface area contributed by atoms with Crippen molar-refractivity contribution in [3.63, 3.8) is 0 Å². The molecule has 19 heavy (non-hydrogen) atoms. The Morgan fingerprint density at radius 3 is 2.79 bits per heavy atom. The third-order valence-electron chi connectivity index (χ3n) is 3.74. The van der Waals surface area contributed by atoms with Gasteiger partial charge in [0, 0.05) is 25.7 Å². The number of benzene rings is 1. The summed E-state index contributed by atoms with van der Waals surface area (Å²) in [4.78, 5) is 14.5. The van der Waals surface area contributed by atoms with E-state index in [-0.39, 0.29) is 11.9 Å². The maximum atomic E-state index is 12.2. The highest BCUT2D eigenvalue weighted by Gasteiger charge is 2.31. The van der Waals surface area contributed by atoms with Gasteiger partial charge in [-0.15, -0.1) is 0 Å². The van der Waals surface area contributed by atoms with Gasteiger partial charge in [0.1, 0.15) is 6.04 Å². The summed E-state index contributed by atoms with van der Waals surface area (Å²) in [5.41, 5.74) is 1.25. The number of nitrogens with zero attached hydrogens (tertiary/aromatic N) is 1. The molecule has 0 saturated carbocycles. The minimum absolute atomic E-state index is 0.0947. The summed E-state index contributed by atoms with van der Waals surface area (Å²) in [6.45, 7) is 4.47. The van der Waals surface area contributed by atoms with Crippen LogP contribution in [0.25, 0.3) is 0 Å². The maximum Gasteiger partial charge on any atom is 0.238 e. The molecule has 0 aromatic heterocycles. The van der Waals surface area contributed by atoms with Crippen molar-refractivity contribution in [3.05, 3.63) is 35.9 Å². The molecular weight excluding hydrogens is 238 g/mol. The number of rotatable bonds is 4. The van der Waals surface area contributed by atoms with Crippen LogP contribution in [0.2, 0.25) is 0 Å². The second-order valence-corrected chi connectivity index (χ2v) is 5.16. The van der Waals surface area contributed by atoms with Crippen LogP contribution in [0.3, 0.4) is 0 Å². The summed E-state index contributed by atoms with van der Waals surface area (Å²) < 4.78 is 0. The Balaban J connectivity index is 2.17. The van der Waals surface area contributed by atoms with Crippen molar-refractivity contribution in [2.75, 3.05) is 20.1 Å². The first-order valence-electron chi connectivity index (χ1n) is 6.94. The van der Waals surface area contributed by atoms with Gasteiger partial charge in [-0.2, -0.15) is 0 Å². The highest BCUT2D eigenvalue weighted by atomic mass is 16.2. The first-order chi connectivity index (χ1) is 9.22. The molecule has 0 spiro atoms. The SMILES string of the molecule is CNCC1C(=O)NCCC(C)N1Cc1ccccc1. The zero-order chi connectivity index (χ0) is 13.7. The minimum Gasteiger partial charge on any atom is -0.355 e. The highest BCUT2D eigenvalue weighted by Crippen LogP contribution is 2.16. The predicted octanol–water partition coefficient (Wildman–Crippen LogP) is 0.985. The van der Waals surface area contributed by atoms with Gasteiger partial charge in [-0.3, -0.25) is 9.69 Å². The molecule has 4 nitrogen and oxygen atoms in total. The third-order valence-corrected chi connectivity index (χ3v) is 3.74. The van der Waals surface area contributed by atoms with Crippen molar-refractivity contribution in [1.82, 2.24) is 15.5 Å². The number of hydrogen-bond donors (Lipinski definition) is 2. The van der Waals surface area contributed by atoms with Gasteiger partial charge in [-0.1, -0.05) is 30.3 Å². The van der Waals surface area contributed by atoms with E-state index in [1.165, 1.54) is 5.56 Å². The van der Waals surface area contributed by atoms with Crippen LogP contribution in [0.1, 0.15) is 18.9 Å². The average Bonchev–Trinajstić information content (AvgIpc) is 2.54. The smallest absolute Gasteiger partial charge is 0.238 e. The Morgan fingerprint density at radius 2 is 2.11 bits per heavy atom. The summed E-state index contributed by atoms with van der Waals surface area (Å²) in [6.07, 6.45) is 0.999. The molecule has 0 radical (unpaired) electrons. The van der Waals surface area contributed by atoms with Crippen molar-refractivity contribution in [2.24, 2.45) is 0 Å². The lowest BCUT2D eigenvalue weighted by Crippen LogP contribution is -2.51. The normalized spacial score (nSPS) is 24.8. The van der Waals surface area contributed by atoms with Gasteiger partial charge in [0.15, 0.2) is 0 Å². The number of nitrogens with one attached hydrogen (secondary N) is 2. The van der Waals surface area contributed by atoms with Crippen molar-refractivity contribution in [3.8, 4) is 0 Å². The first-order valence-corrected chi connectivity index (χ1v) is 6.94. The number of likely N-dealkylation sites (N-methyl/N-ethyl adjacent to an activating group) is 1. The lowest BCUT2D eigenvalue weighted by molar-refractivity contribution is -0.126. The van der Waals surface area contributed by atoms with Crippen molar-refractivity contribution in [2.45, 2.75) is 32.0 Å². The van der Waals surface area contributed by atoms with E-state index in [0.29, 0.717) is 12.6 Å². The number of carbonyl (C=O) groups excluding carboxylic acids is 1. The first kappa shape index (κ1) is 14.0. The van der Waals surface area contributed by atoms with E-state index >= 15 is 0 Å². The van der Waals surface area contributed by atoms with Crippen LogP contribution in [-0.2, 0) is 11.3 Å². The van der Waals surface area contributed by atoms with E-state index in [0.717, 1.165) is 19.5 Å². The largest absolute Gasteiger partial charge is 0.355 e. The monoisotopic (exact) mass is 261 g/mol. The lowest BCUT2D eigenvalue weighted by atomic mass is 10.1. The van der Waals surface area contributed by atoms with Gasteiger partial charge in [-0.25, -0.2) is 0 Å². The van der Waals surface area contributed by atoms with E-state index in [1.54, 1.807) is 0 Å². The Morgan fingerprint density at radius 1 is 1.37 bits per heavy atom. The quantitative estimate of drug-likeness (QED) is 0.849. The number of carbonyl (C=O) groups is 1. The predicted molar refractivity (Wildman–Crippen MR) is 76.8 cm³/mol. The number of amides is 1. The molecule has 4 heteroatoms. The van der Waals surface area contributed by atoms with Crippen LogP contribution in [0.5, 0.6) is 0 Å². The Labute approximate surface area is 115 Å². The van der Waals surface area contributed by atoms with Gasteiger partial charge in [0.25, 0.3) is 0 Å². The molecule has 1 fully saturated rings. The molecular formula is C15H23N3O.